The van der Waals surface area contributed by atoms with Crippen LogP contribution in [0.2, 0.25) is 0 Å². The van der Waals surface area contributed by atoms with E-state index in [0.29, 0.717) is 24.2 Å². The largest absolute Gasteiger partial charge is 0.356 e. The van der Waals surface area contributed by atoms with Gasteiger partial charge in [0.25, 0.3) is 5.91 Å². The molecule has 0 aromatic carbocycles. The average molecular weight is 273 g/mol. The van der Waals surface area contributed by atoms with Crippen LogP contribution in [0.25, 0.3) is 0 Å². The molecule has 106 valence electrons. The molecular weight excluding hydrogens is 254 g/mol. The van der Waals surface area contributed by atoms with Gasteiger partial charge in [0.2, 0.25) is 0 Å². The molecule has 0 N–H and O–H groups in total. The molecule has 2 aliphatic rings. The van der Waals surface area contributed by atoms with Crippen LogP contribution in [0.5, 0.6) is 0 Å². The summed E-state index contributed by atoms with van der Waals surface area (Å²) in [6.07, 6.45) is 5.04. The van der Waals surface area contributed by atoms with Crippen molar-refractivity contribution in [2.24, 2.45) is 0 Å². The Hall–Kier alpha value is -1.91. The molecule has 0 saturated carbocycles. The van der Waals surface area contributed by atoms with Gasteiger partial charge in [-0.3, -0.25) is 9.59 Å². The van der Waals surface area contributed by atoms with Crippen molar-refractivity contribution >= 4 is 17.5 Å². The maximum Gasteiger partial charge on any atom is 0.255 e. The first kappa shape index (κ1) is 13.1. The number of amides is 1. The van der Waals surface area contributed by atoms with Crippen molar-refractivity contribution in [3.63, 3.8) is 0 Å². The molecule has 0 spiro atoms. The summed E-state index contributed by atoms with van der Waals surface area (Å²) in [5.74, 6) is 1.26. The number of pyridine rings is 1. The lowest BCUT2D eigenvalue weighted by molar-refractivity contribution is -0.119. The van der Waals surface area contributed by atoms with E-state index in [-0.39, 0.29) is 5.91 Å². The lowest BCUT2D eigenvalue weighted by Gasteiger charge is -2.27. The quantitative estimate of drug-likeness (QED) is 0.819. The van der Waals surface area contributed by atoms with Crippen LogP contribution in [0.4, 0.5) is 5.82 Å². The van der Waals surface area contributed by atoms with Crippen molar-refractivity contribution in [1.82, 2.24) is 9.88 Å². The monoisotopic (exact) mass is 273 g/mol. The van der Waals surface area contributed by atoms with Gasteiger partial charge in [-0.15, -0.1) is 0 Å². The third-order valence-electron chi connectivity index (χ3n) is 4.03. The van der Waals surface area contributed by atoms with E-state index < -0.39 is 0 Å². The summed E-state index contributed by atoms with van der Waals surface area (Å²) >= 11 is 0. The minimum Gasteiger partial charge on any atom is -0.356 e. The van der Waals surface area contributed by atoms with Gasteiger partial charge in [-0.1, -0.05) is 0 Å². The number of aromatic nitrogens is 1. The van der Waals surface area contributed by atoms with Crippen molar-refractivity contribution in [2.75, 3.05) is 31.1 Å². The number of piperidine rings is 1. The van der Waals surface area contributed by atoms with Gasteiger partial charge in [0.1, 0.15) is 11.6 Å². The maximum atomic E-state index is 12.2. The fourth-order valence-electron chi connectivity index (χ4n) is 2.79. The summed E-state index contributed by atoms with van der Waals surface area (Å²) in [7, 11) is 0. The second-order valence-electron chi connectivity index (χ2n) is 5.43. The van der Waals surface area contributed by atoms with Crippen LogP contribution >= 0.6 is 0 Å². The lowest BCUT2D eigenvalue weighted by Crippen LogP contribution is -2.34. The van der Waals surface area contributed by atoms with Gasteiger partial charge in [0.05, 0.1) is 5.56 Å². The highest BCUT2D eigenvalue weighted by Crippen LogP contribution is 2.18. The zero-order valence-corrected chi connectivity index (χ0v) is 11.5. The third kappa shape index (κ3) is 2.66. The minimum atomic E-state index is 0.0790. The van der Waals surface area contributed by atoms with Gasteiger partial charge in [0.15, 0.2) is 0 Å². The molecule has 0 unspecified atom stereocenters. The number of rotatable bonds is 2. The number of carbonyl (C=O) groups is 2. The van der Waals surface area contributed by atoms with Crippen LogP contribution in [0, 0.1) is 0 Å². The first-order chi connectivity index (χ1) is 9.74. The number of ketones is 1. The fraction of sp³-hybridized carbons (Fsp3) is 0.533. The van der Waals surface area contributed by atoms with Crippen molar-refractivity contribution < 1.29 is 9.59 Å². The molecule has 1 aromatic heterocycles. The van der Waals surface area contributed by atoms with Crippen molar-refractivity contribution in [3.8, 4) is 0 Å². The number of nitrogens with zero attached hydrogens (tertiary/aromatic N) is 3. The number of Topliss-reactive ketones (excluding diaryl/α,β-unsaturated/α-hetero) is 1. The molecular formula is C15H19N3O2. The fourth-order valence-corrected chi connectivity index (χ4v) is 2.79. The van der Waals surface area contributed by atoms with Gasteiger partial charge < -0.3 is 9.80 Å². The van der Waals surface area contributed by atoms with Crippen LogP contribution in [0.15, 0.2) is 18.3 Å². The molecule has 2 fully saturated rings. The highest BCUT2D eigenvalue weighted by molar-refractivity contribution is 5.94. The summed E-state index contributed by atoms with van der Waals surface area (Å²) in [6, 6.07) is 3.73. The number of likely N-dealkylation sites (tertiary alicyclic amines) is 1. The lowest BCUT2D eigenvalue weighted by atomic mass is 10.1. The predicted octanol–water partition coefficient (Wildman–Crippen LogP) is 1.49. The summed E-state index contributed by atoms with van der Waals surface area (Å²) in [6.45, 7) is 3.17. The van der Waals surface area contributed by atoms with Crippen molar-refractivity contribution in [1.29, 1.82) is 0 Å². The van der Waals surface area contributed by atoms with Gasteiger partial charge in [-0.25, -0.2) is 4.98 Å². The molecule has 2 aliphatic heterocycles. The van der Waals surface area contributed by atoms with Crippen molar-refractivity contribution in [3.05, 3.63) is 23.9 Å². The second-order valence-corrected chi connectivity index (χ2v) is 5.43. The molecule has 2 saturated heterocycles. The number of carbonyl (C=O) groups excluding carboxylic acids is 2. The van der Waals surface area contributed by atoms with E-state index in [2.05, 4.69) is 9.88 Å². The van der Waals surface area contributed by atoms with E-state index in [9.17, 15) is 9.59 Å². The predicted molar refractivity (Wildman–Crippen MR) is 75.8 cm³/mol. The van der Waals surface area contributed by atoms with Crippen LogP contribution in [-0.2, 0) is 4.79 Å². The smallest absolute Gasteiger partial charge is 0.255 e. The highest BCUT2D eigenvalue weighted by atomic mass is 16.2. The summed E-state index contributed by atoms with van der Waals surface area (Å²) in [5.41, 5.74) is 0.656. The molecule has 0 radical (unpaired) electrons. The Labute approximate surface area is 118 Å². The van der Waals surface area contributed by atoms with Crippen molar-refractivity contribution in [2.45, 2.75) is 25.7 Å². The van der Waals surface area contributed by atoms with Gasteiger partial charge >= 0.3 is 0 Å². The Morgan fingerprint density at radius 1 is 1.05 bits per heavy atom. The summed E-state index contributed by atoms with van der Waals surface area (Å²) in [5, 5.41) is 0. The Kier molecular flexibility index (Phi) is 3.67. The van der Waals surface area contributed by atoms with Crippen LogP contribution in [0.3, 0.4) is 0 Å². The Morgan fingerprint density at radius 2 is 1.75 bits per heavy atom. The van der Waals surface area contributed by atoms with Crippen LogP contribution in [0.1, 0.15) is 36.0 Å². The summed E-state index contributed by atoms with van der Waals surface area (Å²) < 4.78 is 0. The molecule has 0 bridgehead atoms. The molecule has 3 heterocycles. The molecule has 3 rings (SSSR count). The average Bonchev–Trinajstić information content (AvgIpc) is 3.02. The van der Waals surface area contributed by atoms with E-state index >= 15 is 0 Å². The topological polar surface area (TPSA) is 53.5 Å². The van der Waals surface area contributed by atoms with Gasteiger partial charge in [-0.05, 0) is 25.0 Å². The normalized spacial score (nSPS) is 19.5. The Morgan fingerprint density at radius 3 is 2.35 bits per heavy atom. The van der Waals surface area contributed by atoms with Crippen LogP contribution in [-0.4, -0.2) is 47.8 Å². The first-order valence-corrected chi connectivity index (χ1v) is 7.26. The SMILES string of the molecule is O=C1CCN(c2ccc(C(=O)N3CCCC3)cn2)CC1. The number of hydrogen-bond acceptors (Lipinski definition) is 4. The molecule has 5 heteroatoms. The van der Waals surface area contributed by atoms with Gasteiger partial charge in [0, 0.05) is 45.2 Å². The Balaban J connectivity index is 1.67. The molecule has 20 heavy (non-hydrogen) atoms. The van der Waals surface area contributed by atoms with Crippen LogP contribution < -0.4 is 4.90 Å². The summed E-state index contributed by atoms with van der Waals surface area (Å²) in [4.78, 5) is 31.8. The molecule has 0 aliphatic carbocycles. The number of anilines is 1. The van der Waals surface area contributed by atoms with Gasteiger partial charge in [-0.2, -0.15) is 0 Å². The first-order valence-electron chi connectivity index (χ1n) is 7.26. The van der Waals surface area contributed by atoms with E-state index in [1.54, 1.807) is 6.20 Å². The second kappa shape index (κ2) is 5.61. The standard InChI is InChI=1S/C15H19N3O2/c19-13-5-9-17(10-6-13)14-4-3-12(11-16-14)15(20)18-7-1-2-8-18/h3-4,11H,1-2,5-10H2. The van der Waals surface area contributed by atoms with E-state index in [1.807, 2.05) is 17.0 Å². The minimum absolute atomic E-state index is 0.0790. The number of hydrogen-bond donors (Lipinski definition) is 0. The van der Waals surface area contributed by atoms with E-state index in [0.717, 1.165) is 44.8 Å². The maximum absolute atomic E-state index is 12.2. The highest BCUT2D eigenvalue weighted by Gasteiger charge is 2.21. The third-order valence-corrected chi connectivity index (χ3v) is 4.03. The molecule has 5 nitrogen and oxygen atoms in total. The van der Waals surface area contributed by atoms with E-state index in [4.69, 9.17) is 0 Å². The zero-order valence-electron chi connectivity index (χ0n) is 11.5. The molecule has 0 atom stereocenters. The Bertz CT molecular complexity index is 496. The molecule has 1 aromatic rings. The molecule has 1 amide bonds. The zero-order chi connectivity index (χ0) is 13.9. The van der Waals surface area contributed by atoms with E-state index in [1.165, 1.54) is 0 Å².